The first kappa shape index (κ1) is 12.9. The highest BCUT2D eigenvalue weighted by Crippen LogP contribution is 2.15. The Morgan fingerprint density at radius 2 is 1.79 bits per heavy atom. The normalized spacial score (nSPS) is 13.5. The van der Waals surface area contributed by atoms with Gasteiger partial charge < -0.3 is 10.0 Å². The molecule has 0 saturated carbocycles. The summed E-state index contributed by atoms with van der Waals surface area (Å²) in [5, 5.41) is 8.74. The minimum Gasteiger partial charge on any atom is -0.481 e. The zero-order valence-electron chi connectivity index (χ0n) is 9.50. The number of hydrogen-bond acceptors (Lipinski definition) is 2. The van der Waals surface area contributed by atoms with E-state index in [-0.39, 0.29) is 18.0 Å². The molecule has 0 aromatic carbocycles. The van der Waals surface area contributed by atoms with Crippen molar-refractivity contribution in [3.05, 3.63) is 0 Å². The Balaban J connectivity index is 4.55. The molecular formula is C10H19NO3. The van der Waals surface area contributed by atoms with Crippen molar-refractivity contribution < 1.29 is 14.7 Å². The molecule has 0 aliphatic heterocycles. The van der Waals surface area contributed by atoms with Gasteiger partial charge in [0.05, 0.1) is 5.92 Å². The van der Waals surface area contributed by atoms with Crippen LogP contribution in [0.25, 0.3) is 0 Å². The Morgan fingerprint density at radius 1 is 1.36 bits per heavy atom. The first-order chi connectivity index (χ1) is 6.16. The summed E-state index contributed by atoms with van der Waals surface area (Å²) in [6, 6.07) is 0. The van der Waals surface area contributed by atoms with Gasteiger partial charge in [-0.15, -0.1) is 0 Å². The number of carbonyl (C=O) groups is 2. The molecule has 1 N–H and O–H groups in total. The lowest BCUT2D eigenvalue weighted by molar-refractivity contribution is -0.144. The van der Waals surface area contributed by atoms with Crippen LogP contribution in [0.5, 0.6) is 0 Å². The average Bonchev–Trinajstić information content (AvgIpc) is 1.96. The molecule has 1 atom stereocenters. The van der Waals surface area contributed by atoms with E-state index in [0.717, 1.165) is 0 Å². The summed E-state index contributed by atoms with van der Waals surface area (Å²) in [4.78, 5) is 23.5. The number of carbonyl (C=O) groups excluding carboxylic acids is 1. The fraction of sp³-hybridized carbons (Fsp3) is 0.800. The lowest BCUT2D eigenvalue weighted by Gasteiger charge is -2.36. The van der Waals surface area contributed by atoms with Crippen molar-refractivity contribution in [3.8, 4) is 0 Å². The van der Waals surface area contributed by atoms with Crippen LogP contribution in [0, 0.1) is 5.92 Å². The van der Waals surface area contributed by atoms with Crippen molar-refractivity contribution in [2.75, 3.05) is 6.54 Å². The Bertz CT molecular complexity index is 230. The summed E-state index contributed by atoms with van der Waals surface area (Å²) in [6.07, 6.45) is 0. The molecule has 0 rings (SSSR count). The van der Waals surface area contributed by atoms with Gasteiger partial charge in [-0.1, -0.05) is 6.92 Å². The third kappa shape index (κ3) is 3.77. The summed E-state index contributed by atoms with van der Waals surface area (Å²) in [7, 11) is 0. The van der Waals surface area contributed by atoms with E-state index in [1.54, 1.807) is 11.8 Å². The van der Waals surface area contributed by atoms with Crippen LogP contribution in [0.2, 0.25) is 0 Å². The molecule has 0 fully saturated rings. The summed E-state index contributed by atoms with van der Waals surface area (Å²) in [5.74, 6) is -1.50. The fourth-order valence-corrected chi connectivity index (χ4v) is 1.23. The lowest BCUT2D eigenvalue weighted by atomic mass is 10.0. The van der Waals surface area contributed by atoms with E-state index in [4.69, 9.17) is 5.11 Å². The molecule has 1 amide bonds. The summed E-state index contributed by atoms with van der Waals surface area (Å²) < 4.78 is 0. The van der Waals surface area contributed by atoms with Crippen molar-refractivity contribution in [1.82, 2.24) is 4.90 Å². The van der Waals surface area contributed by atoms with E-state index >= 15 is 0 Å². The average molecular weight is 201 g/mol. The van der Waals surface area contributed by atoms with E-state index in [9.17, 15) is 9.59 Å². The van der Waals surface area contributed by atoms with Crippen LogP contribution in [0.4, 0.5) is 0 Å². The van der Waals surface area contributed by atoms with Gasteiger partial charge in [0.2, 0.25) is 5.91 Å². The molecule has 0 heterocycles. The van der Waals surface area contributed by atoms with Crippen molar-refractivity contribution >= 4 is 11.9 Å². The number of amides is 1. The molecule has 0 aliphatic carbocycles. The highest BCUT2D eigenvalue weighted by atomic mass is 16.4. The second kappa shape index (κ2) is 4.44. The summed E-state index contributed by atoms with van der Waals surface area (Å²) in [6.45, 7) is 8.99. The maximum absolute atomic E-state index is 11.3. The van der Waals surface area contributed by atoms with Crippen LogP contribution >= 0.6 is 0 Å². The predicted octanol–water partition coefficient (Wildman–Crippen LogP) is 1.35. The van der Waals surface area contributed by atoms with Crippen LogP contribution in [0.15, 0.2) is 0 Å². The van der Waals surface area contributed by atoms with Gasteiger partial charge in [0.15, 0.2) is 0 Å². The Morgan fingerprint density at radius 3 is 2.00 bits per heavy atom. The van der Waals surface area contributed by atoms with Crippen LogP contribution in [0.1, 0.15) is 34.6 Å². The first-order valence-corrected chi connectivity index (χ1v) is 4.67. The quantitative estimate of drug-likeness (QED) is 0.750. The van der Waals surface area contributed by atoms with Crippen molar-refractivity contribution in [2.45, 2.75) is 40.2 Å². The molecule has 0 aliphatic rings. The van der Waals surface area contributed by atoms with Crippen molar-refractivity contribution in [1.29, 1.82) is 0 Å². The van der Waals surface area contributed by atoms with Crippen molar-refractivity contribution in [3.63, 3.8) is 0 Å². The van der Waals surface area contributed by atoms with Crippen molar-refractivity contribution in [2.24, 2.45) is 5.92 Å². The second-order valence-corrected chi connectivity index (χ2v) is 4.54. The monoisotopic (exact) mass is 201 g/mol. The number of carboxylic acid groups (broad SMARTS) is 1. The van der Waals surface area contributed by atoms with Gasteiger partial charge >= 0.3 is 5.97 Å². The molecule has 0 saturated heterocycles. The third-order valence-electron chi connectivity index (χ3n) is 2.07. The molecule has 4 nitrogen and oxygen atoms in total. The van der Waals surface area contributed by atoms with Crippen LogP contribution in [-0.2, 0) is 9.59 Å². The number of aliphatic carboxylic acids is 1. The number of hydrogen-bond donors (Lipinski definition) is 1. The smallest absolute Gasteiger partial charge is 0.308 e. The topological polar surface area (TPSA) is 57.6 Å². The fourth-order valence-electron chi connectivity index (χ4n) is 1.23. The Labute approximate surface area is 84.9 Å². The van der Waals surface area contributed by atoms with E-state index in [2.05, 4.69) is 0 Å². The molecule has 0 spiro atoms. The molecule has 0 radical (unpaired) electrons. The number of carboxylic acids is 1. The molecule has 1 unspecified atom stereocenters. The van der Waals surface area contributed by atoms with Crippen LogP contribution < -0.4 is 0 Å². The molecule has 0 aromatic rings. The SMILES string of the molecule is CC(=O)N(CC(C)C(=O)O)C(C)(C)C. The van der Waals surface area contributed by atoms with Gasteiger partial charge in [0.25, 0.3) is 0 Å². The van der Waals surface area contributed by atoms with E-state index in [1.807, 2.05) is 20.8 Å². The second-order valence-electron chi connectivity index (χ2n) is 4.54. The van der Waals surface area contributed by atoms with Crippen LogP contribution in [0.3, 0.4) is 0 Å². The maximum Gasteiger partial charge on any atom is 0.308 e. The first-order valence-electron chi connectivity index (χ1n) is 4.67. The van der Waals surface area contributed by atoms with E-state index in [1.165, 1.54) is 6.92 Å². The highest BCUT2D eigenvalue weighted by molar-refractivity contribution is 5.75. The Hall–Kier alpha value is -1.06. The molecular weight excluding hydrogens is 182 g/mol. The Kier molecular flexibility index (Phi) is 4.10. The van der Waals surface area contributed by atoms with Gasteiger partial charge in [-0.2, -0.15) is 0 Å². The standard InChI is InChI=1S/C10H19NO3/c1-7(9(13)14)6-11(8(2)12)10(3,4)5/h7H,6H2,1-5H3,(H,13,14). The van der Waals surface area contributed by atoms with E-state index in [0.29, 0.717) is 0 Å². The van der Waals surface area contributed by atoms with Gasteiger partial charge in [0, 0.05) is 19.0 Å². The maximum atomic E-state index is 11.3. The third-order valence-corrected chi connectivity index (χ3v) is 2.07. The largest absolute Gasteiger partial charge is 0.481 e. The molecule has 4 heteroatoms. The number of nitrogens with zero attached hydrogens (tertiary/aromatic N) is 1. The molecule has 0 bridgehead atoms. The lowest BCUT2D eigenvalue weighted by Crippen LogP contribution is -2.47. The van der Waals surface area contributed by atoms with Crippen LogP contribution in [-0.4, -0.2) is 34.0 Å². The van der Waals surface area contributed by atoms with Gasteiger partial charge in [-0.3, -0.25) is 9.59 Å². The predicted molar refractivity (Wildman–Crippen MR) is 53.9 cm³/mol. The molecule has 82 valence electrons. The highest BCUT2D eigenvalue weighted by Gasteiger charge is 2.27. The minimum atomic E-state index is -0.875. The van der Waals surface area contributed by atoms with Gasteiger partial charge in [0.1, 0.15) is 0 Å². The van der Waals surface area contributed by atoms with Gasteiger partial charge in [-0.25, -0.2) is 0 Å². The molecule has 0 aromatic heterocycles. The summed E-state index contributed by atoms with van der Waals surface area (Å²) in [5.41, 5.74) is -0.324. The number of rotatable bonds is 3. The zero-order chi connectivity index (χ0) is 11.5. The zero-order valence-corrected chi connectivity index (χ0v) is 9.50. The molecule has 14 heavy (non-hydrogen) atoms. The van der Waals surface area contributed by atoms with E-state index < -0.39 is 11.9 Å². The van der Waals surface area contributed by atoms with Gasteiger partial charge in [-0.05, 0) is 20.8 Å². The summed E-state index contributed by atoms with van der Waals surface area (Å²) >= 11 is 0. The minimum absolute atomic E-state index is 0.0920.